The number of benzene rings is 2. The van der Waals surface area contributed by atoms with Crippen molar-refractivity contribution in [1.82, 2.24) is 4.98 Å². The lowest BCUT2D eigenvalue weighted by atomic mass is 9.78. The van der Waals surface area contributed by atoms with Crippen LogP contribution in [-0.2, 0) is 4.74 Å². The molecule has 1 fully saturated rings. The minimum absolute atomic E-state index is 0.194. The molecule has 0 unspecified atom stereocenters. The summed E-state index contributed by atoms with van der Waals surface area (Å²) in [4.78, 5) is 15.1. The van der Waals surface area contributed by atoms with E-state index in [1.54, 1.807) is 38.1 Å². The van der Waals surface area contributed by atoms with Crippen LogP contribution in [0.4, 0.5) is 10.5 Å². The largest absolute Gasteiger partial charge is 0.508 e. The van der Waals surface area contributed by atoms with E-state index in [0.717, 1.165) is 34.9 Å². The van der Waals surface area contributed by atoms with E-state index >= 15 is 0 Å². The van der Waals surface area contributed by atoms with Crippen molar-refractivity contribution in [2.24, 2.45) is 0 Å². The van der Waals surface area contributed by atoms with Crippen LogP contribution in [0.1, 0.15) is 50.2 Å². The fourth-order valence-electron chi connectivity index (χ4n) is 3.80. The summed E-state index contributed by atoms with van der Waals surface area (Å²) in [5.74, 6) is 0.596. The van der Waals surface area contributed by atoms with E-state index in [0.29, 0.717) is 22.9 Å². The van der Waals surface area contributed by atoms with E-state index in [2.05, 4.69) is 16.4 Å². The molecule has 3 N–H and O–H groups in total. The lowest BCUT2D eigenvalue weighted by Gasteiger charge is -2.26. The molecule has 1 amide bonds. The lowest BCUT2D eigenvalue weighted by molar-refractivity contribution is 0.130. The molecular weight excluding hydrogens is 366 g/mol. The Morgan fingerprint density at radius 1 is 1.28 bits per heavy atom. The smallest absolute Gasteiger partial charge is 0.411 e. The number of anilines is 1. The highest BCUT2D eigenvalue weighted by atomic mass is 16.6. The monoisotopic (exact) mass is 389 g/mol. The quantitative estimate of drug-likeness (QED) is 0.538. The van der Waals surface area contributed by atoms with Gasteiger partial charge in [0.15, 0.2) is 0 Å². The van der Waals surface area contributed by atoms with Gasteiger partial charge in [-0.05, 0) is 61.9 Å². The average molecular weight is 389 g/mol. The normalized spacial score (nSPS) is 13.9. The molecule has 0 spiro atoms. The number of hydrogen-bond acceptors (Lipinski definition) is 4. The van der Waals surface area contributed by atoms with Crippen LogP contribution in [0, 0.1) is 11.3 Å². The van der Waals surface area contributed by atoms with Crippen LogP contribution in [0.25, 0.3) is 22.2 Å². The maximum absolute atomic E-state index is 11.8. The highest BCUT2D eigenvalue weighted by molar-refractivity contribution is 5.97. The van der Waals surface area contributed by atoms with Gasteiger partial charge in [-0.3, -0.25) is 5.32 Å². The van der Waals surface area contributed by atoms with Crippen LogP contribution in [-0.4, -0.2) is 22.3 Å². The second kappa shape index (κ2) is 7.51. The summed E-state index contributed by atoms with van der Waals surface area (Å²) in [7, 11) is 0. The molecule has 2 aromatic carbocycles. The van der Waals surface area contributed by atoms with Gasteiger partial charge in [0.2, 0.25) is 0 Å². The number of amides is 1. The SMILES string of the molecule is CC(C)OC(=O)Nc1ccc(-c2[nH]c3cc(O)cc(C4CCC4)c3c2C#N)cc1. The van der Waals surface area contributed by atoms with Gasteiger partial charge in [0.1, 0.15) is 11.8 Å². The number of H-pyrrole nitrogens is 1. The van der Waals surface area contributed by atoms with Crippen molar-refractivity contribution in [3.63, 3.8) is 0 Å². The van der Waals surface area contributed by atoms with Crippen LogP contribution in [0.15, 0.2) is 36.4 Å². The summed E-state index contributed by atoms with van der Waals surface area (Å²) in [6.07, 6.45) is 2.64. The van der Waals surface area contributed by atoms with Gasteiger partial charge < -0.3 is 14.8 Å². The van der Waals surface area contributed by atoms with Crippen molar-refractivity contribution in [2.45, 2.75) is 45.1 Å². The van der Waals surface area contributed by atoms with Gasteiger partial charge in [-0.25, -0.2) is 4.79 Å². The van der Waals surface area contributed by atoms with Crippen molar-refractivity contribution in [1.29, 1.82) is 5.26 Å². The Kier molecular flexibility index (Phi) is 4.89. The van der Waals surface area contributed by atoms with E-state index in [1.807, 2.05) is 12.1 Å². The molecule has 148 valence electrons. The zero-order valence-electron chi connectivity index (χ0n) is 16.5. The van der Waals surface area contributed by atoms with Crippen molar-refractivity contribution in [2.75, 3.05) is 5.32 Å². The number of nitrogens with one attached hydrogen (secondary N) is 2. The zero-order valence-corrected chi connectivity index (χ0v) is 16.5. The Morgan fingerprint density at radius 3 is 2.59 bits per heavy atom. The average Bonchev–Trinajstić information content (AvgIpc) is 2.98. The van der Waals surface area contributed by atoms with Crippen molar-refractivity contribution in [3.8, 4) is 23.1 Å². The Balaban J connectivity index is 1.71. The highest BCUT2D eigenvalue weighted by Gasteiger charge is 2.26. The maximum Gasteiger partial charge on any atom is 0.411 e. The molecule has 6 heteroatoms. The minimum atomic E-state index is -0.503. The number of nitrogens with zero attached hydrogens (tertiary/aromatic N) is 1. The Morgan fingerprint density at radius 2 is 2.00 bits per heavy atom. The number of aromatic nitrogens is 1. The van der Waals surface area contributed by atoms with E-state index in [4.69, 9.17) is 4.74 Å². The molecule has 4 rings (SSSR count). The van der Waals surface area contributed by atoms with Crippen molar-refractivity contribution in [3.05, 3.63) is 47.5 Å². The zero-order chi connectivity index (χ0) is 20.5. The van der Waals surface area contributed by atoms with E-state index in [9.17, 15) is 15.2 Å². The van der Waals surface area contributed by atoms with Gasteiger partial charge in [0.25, 0.3) is 0 Å². The van der Waals surface area contributed by atoms with Crippen molar-refractivity contribution >= 4 is 22.7 Å². The molecular formula is C23H23N3O3. The van der Waals surface area contributed by atoms with Gasteiger partial charge in [-0.15, -0.1) is 0 Å². The number of ether oxygens (including phenoxy) is 1. The van der Waals surface area contributed by atoms with Gasteiger partial charge in [0.05, 0.1) is 22.9 Å². The third-order valence-corrected chi connectivity index (χ3v) is 5.33. The lowest BCUT2D eigenvalue weighted by Crippen LogP contribution is -2.17. The predicted octanol–water partition coefficient (Wildman–Crippen LogP) is 5.64. The number of carbonyl (C=O) groups is 1. The predicted molar refractivity (Wildman–Crippen MR) is 112 cm³/mol. The van der Waals surface area contributed by atoms with E-state index < -0.39 is 6.09 Å². The molecule has 1 aliphatic carbocycles. The summed E-state index contributed by atoms with van der Waals surface area (Å²) in [5, 5.41) is 23.6. The number of hydrogen-bond donors (Lipinski definition) is 3. The molecule has 1 aliphatic rings. The van der Waals surface area contributed by atoms with Gasteiger partial charge in [-0.2, -0.15) is 5.26 Å². The number of phenols is 1. The van der Waals surface area contributed by atoms with Gasteiger partial charge in [0, 0.05) is 17.1 Å². The fourth-order valence-corrected chi connectivity index (χ4v) is 3.80. The number of phenolic OH excluding ortho intramolecular Hbond substituents is 1. The van der Waals surface area contributed by atoms with Crippen LogP contribution < -0.4 is 5.32 Å². The molecule has 0 aliphatic heterocycles. The molecule has 6 nitrogen and oxygen atoms in total. The molecule has 3 aromatic rings. The first-order chi connectivity index (χ1) is 14.0. The van der Waals surface area contributed by atoms with Crippen molar-refractivity contribution < 1.29 is 14.6 Å². The fraction of sp³-hybridized carbons (Fsp3) is 0.304. The van der Waals surface area contributed by atoms with E-state index in [-0.39, 0.29) is 11.9 Å². The molecule has 0 radical (unpaired) electrons. The number of aromatic amines is 1. The third kappa shape index (κ3) is 3.64. The van der Waals surface area contributed by atoms with E-state index in [1.165, 1.54) is 6.42 Å². The van der Waals surface area contributed by atoms with Crippen LogP contribution >= 0.6 is 0 Å². The third-order valence-electron chi connectivity index (χ3n) is 5.33. The second-order valence-corrected chi connectivity index (χ2v) is 7.73. The standard InChI is InChI=1S/C23H23N3O3/c1-13(2)29-23(28)25-16-8-6-15(7-9-16)22-19(12-24)21-18(14-4-3-5-14)10-17(27)11-20(21)26-22/h6-11,13-14,26-27H,3-5H2,1-2H3,(H,25,28). The molecule has 0 saturated heterocycles. The number of carbonyl (C=O) groups excluding carboxylic acids is 1. The van der Waals surface area contributed by atoms with Gasteiger partial charge in [-0.1, -0.05) is 18.6 Å². The minimum Gasteiger partial charge on any atom is -0.508 e. The maximum atomic E-state index is 11.8. The Bertz CT molecular complexity index is 1100. The Labute approximate surface area is 169 Å². The number of rotatable bonds is 4. The second-order valence-electron chi connectivity index (χ2n) is 7.73. The molecule has 1 saturated carbocycles. The summed E-state index contributed by atoms with van der Waals surface area (Å²) < 4.78 is 5.09. The first kappa shape index (κ1) is 18.9. The number of nitriles is 1. The summed E-state index contributed by atoms with van der Waals surface area (Å²) >= 11 is 0. The van der Waals surface area contributed by atoms with Gasteiger partial charge >= 0.3 is 6.09 Å². The first-order valence-electron chi connectivity index (χ1n) is 9.83. The number of aromatic hydroxyl groups is 1. The number of fused-ring (bicyclic) bond motifs is 1. The molecule has 29 heavy (non-hydrogen) atoms. The topological polar surface area (TPSA) is 98.1 Å². The van der Waals surface area contributed by atoms with Crippen LogP contribution in [0.2, 0.25) is 0 Å². The summed E-state index contributed by atoms with van der Waals surface area (Å²) in [6, 6.07) is 13.0. The molecule has 1 heterocycles. The van der Waals surface area contributed by atoms with Crippen LogP contribution in [0.3, 0.4) is 0 Å². The first-order valence-corrected chi connectivity index (χ1v) is 9.83. The molecule has 0 atom stereocenters. The molecule has 0 bridgehead atoms. The summed E-state index contributed by atoms with van der Waals surface area (Å²) in [5.41, 5.74) is 4.55. The summed E-state index contributed by atoms with van der Waals surface area (Å²) in [6.45, 7) is 3.58. The Hall–Kier alpha value is -3.46. The highest BCUT2D eigenvalue weighted by Crippen LogP contribution is 2.44. The van der Waals surface area contributed by atoms with Crippen LogP contribution in [0.5, 0.6) is 5.75 Å². The molecule has 1 aromatic heterocycles.